The number of rotatable bonds is 4. The van der Waals surface area contributed by atoms with Gasteiger partial charge in [-0.3, -0.25) is 4.90 Å². The summed E-state index contributed by atoms with van der Waals surface area (Å²) in [6.07, 6.45) is 0.753. The lowest BCUT2D eigenvalue weighted by molar-refractivity contribution is -0.0765. The second-order valence-electron chi connectivity index (χ2n) is 7.61. The second-order valence-corrected chi connectivity index (χ2v) is 7.61. The highest BCUT2D eigenvalue weighted by Crippen LogP contribution is 2.40. The molecule has 112 valence electrons. The number of aliphatic hydroxyl groups excluding tert-OH is 1. The summed E-state index contributed by atoms with van der Waals surface area (Å²) in [6, 6.07) is 0.453. The summed E-state index contributed by atoms with van der Waals surface area (Å²) in [5.41, 5.74) is 0.218. The maximum absolute atomic E-state index is 9.80. The predicted molar refractivity (Wildman–Crippen MR) is 79.3 cm³/mol. The quantitative estimate of drug-likeness (QED) is 0.790. The van der Waals surface area contributed by atoms with Crippen molar-refractivity contribution in [1.82, 2.24) is 15.1 Å². The van der Waals surface area contributed by atoms with E-state index in [4.69, 9.17) is 0 Å². The largest absolute Gasteiger partial charge is 0.392 e. The second kappa shape index (κ2) is 5.32. The maximum atomic E-state index is 9.80. The smallest absolute Gasteiger partial charge is 0.0621 e. The van der Waals surface area contributed by atoms with E-state index >= 15 is 0 Å². The van der Waals surface area contributed by atoms with Gasteiger partial charge in [-0.25, -0.2) is 0 Å². The molecule has 0 bridgehead atoms. The Morgan fingerprint density at radius 2 is 1.79 bits per heavy atom. The van der Waals surface area contributed by atoms with E-state index in [1.54, 1.807) is 0 Å². The summed E-state index contributed by atoms with van der Waals surface area (Å²) in [5, 5.41) is 13.5. The predicted octanol–water partition coefficient (Wildman–Crippen LogP) is 0.761. The van der Waals surface area contributed by atoms with Gasteiger partial charge in [0.05, 0.1) is 6.10 Å². The van der Waals surface area contributed by atoms with Crippen LogP contribution in [0.1, 0.15) is 34.1 Å². The van der Waals surface area contributed by atoms with Gasteiger partial charge < -0.3 is 15.3 Å². The lowest BCUT2D eigenvalue weighted by atomic mass is 9.64. The lowest BCUT2D eigenvalue weighted by Crippen LogP contribution is -2.64. The van der Waals surface area contributed by atoms with Gasteiger partial charge in [-0.2, -0.15) is 0 Å². The van der Waals surface area contributed by atoms with E-state index in [1.165, 1.54) is 0 Å². The summed E-state index contributed by atoms with van der Waals surface area (Å²) in [7, 11) is 2.20. The third-order valence-electron chi connectivity index (χ3n) is 5.36. The van der Waals surface area contributed by atoms with E-state index in [9.17, 15) is 5.11 Å². The van der Waals surface area contributed by atoms with Gasteiger partial charge in [-0.05, 0) is 27.3 Å². The van der Waals surface area contributed by atoms with Crippen molar-refractivity contribution in [1.29, 1.82) is 0 Å². The fraction of sp³-hybridized carbons (Fsp3) is 1.00. The van der Waals surface area contributed by atoms with Crippen LogP contribution in [-0.4, -0.2) is 72.4 Å². The maximum Gasteiger partial charge on any atom is 0.0621 e. The number of piperazine rings is 1. The highest BCUT2D eigenvalue weighted by Gasteiger charge is 2.47. The number of hydrogen-bond donors (Lipinski definition) is 2. The molecule has 1 aliphatic carbocycles. The number of hydrogen-bond acceptors (Lipinski definition) is 4. The first-order valence-corrected chi connectivity index (χ1v) is 7.58. The fourth-order valence-corrected chi connectivity index (χ4v) is 3.15. The zero-order valence-electron chi connectivity index (χ0n) is 13.2. The summed E-state index contributed by atoms with van der Waals surface area (Å²) in [5.74, 6) is 0. The summed E-state index contributed by atoms with van der Waals surface area (Å²) in [4.78, 5) is 4.98. The molecule has 2 rings (SSSR count). The molecule has 0 aromatic rings. The molecule has 4 heteroatoms. The molecule has 4 nitrogen and oxygen atoms in total. The molecule has 0 aromatic carbocycles. The van der Waals surface area contributed by atoms with Crippen molar-refractivity contribution >= 4 is 0 Å². The van der Waals surface area contributed by atoms with Crippen LogP contribution in [0.25, 0.3) is 0 Å². The monoisotopic (exact) mass is 269 g/mol. The minimum Gasteiger partial charge on any atom is -0.392 e. The molecular formula is C15H31N3O. The van der Waals surface area contributed by atoms with Crippen LogP contribution in [0, 0.1) is 5.41 Å². The third-order valence-corrected chi connectivity index (χ3v) is 5.36. The Morgan fingerprint density at radius 1 is 1.21 bits per heavy atom. The summed E-state index contributed by atoms with van der Waals surface area (Å²) >= 11 is 0. The van der Waals surface area contributed by atoms with Crippen LogP contribution in [-0.2, 0) is 0 Å². The summed E-state index contributed by atoms with van der Waals surface area (Å²) in [6.45, 7) is 14.6. The molecule has 0 aromatic heterocycles. The van der Waals surface area contributed by atoms with Gasteiger partial charge in [0.15, 0.2) is 0 Å². The van der Waals surface area contributed by atoms with Gasteiger partial charge >= 0.3 is 0 Å². The number of nitrogens with one attached hydrogen (secondary N) is 1. The van der Waals surface area contributed by atoms with Gasteiger partial charge in [0.2, 0.25) is 0 Å². The van der Waals surface area contributed by atoms with Crippen LogP contribution in [0.4, 0.5) is 0 Å². The average Bonchev–Trinajstić information content (AvgIpc) is 2.34. The molecule has 2 N–H and O–H groups in total. The van der Waals surface area contributed by atoms with Crippen LogP contribution in [0.15, 0.2) is 0 Å². The summed E-state index contributed by atoms with van der Waals surface area (Å²) < 4.78 is 0. The highest BCUT2D eigenvalue weighted by atomic mass is 16.3. The Hall–Kier alpha value is -0.160. The van der Waals surface area contributed by atoms with Crippen molar-refractivity contribution in [3.63, 3.8) is 0 Å². The van der Waals surface area contributed by atoms with Gasteiger partial charge in [0.25, 0.3) is 0 Å². The molecule has 2 atom stereocenters. The number of likely N-dealkylation sites (N-methyl/N-ethyl adjacent to an activating group) is 1. The zero-order valence-corrected chi connectivity index (χ0v) is 13.2. The Kier molecular flexibility index (Phi) is 4.26. The first-order valence-electron chi connectivity index (χ1n) is 7.58. The van der Waals surface area contributed by atoms with Crippen molar-refractivity contribution in [2.45, 2.75) is 51.8 Å². The van der Waals surface area contributed by atoms with Crippen molar-refractivity contribution in [2.24, 2.45) is 5.41 Å². The Bertz CT molecular complexity index is 309. The topological polar surface area (TPSA) is 38.7 Å². The Labute approximate surface area is 118 Å². The van der Waals surface area contributed by atoms with Crippen LogP contribution in [0.2, 0.25) is 0 Å². The van der Waals surface area contributed by atoms with E-state index in [-0.39, 0.29) is 17.1 Å². The number of aliphatic hydroxyl groups is 1. The molecule has 1 heterocycles. The van der Waals surface area contributed by atoms with E-state index in [2.05, 4.69) is 49.9 Å². The zero-order chi connectivity index (χ0) is 14.3. The molecular weight excluding hydrogens is 238 g/mol. The molecule has 2 fully saturated rings. The molecule has 0 spiro atoms. The van der Waals surface area contributed by atoms with Crippen molar-refractivity contribution in [3.05, 3.63) is 0 Å². The van der Waals surface area contributed by atoms with Gasteiger partial charge in [-0.15, -0.1) is 0 Å². The van der Waals surface area contributed by atoms with Gasteiger partial charge in [-0.1, -0.05) is 13.8 Å². The van der Waals surface area contributed by atoms with E-state index < -0.39 is 0 Å². The Balaban J connectivity index is 1.81. The minimum atomic E-state index is -0.142. The van der Waals surface area contributed by atoms with E-state index in [0.717, 1.165) is 39.1 Å². The van der Waals surface area contributed by atoms with Crippen LogP contribution in [0.3, 0.4) is 0 Å². The van der Waals surface area contributed by atoms with E-state index in [0.29, 0.717) is 6.04 Å². The molecule has 1 saturated carbocycles. The fourth-order valence-electron chi connectivity index (χ4n) is 3.15. The minimum absolute atomic E-state index is 0.0260. The molecule has 2 aliphatic rings. The normalized spacial score (nSPS) is 33.2. The molecule has 1 aliphatic heterocycles. The highest BCUT2D eigenvalue weighted by molar-refractivity contribution is 5.03. The molecule has 2 unspecified atom stereocenters. The standard InChI is InChI=1S/C15H31N3O/c1-14(2,18-8-6-17(5)7-9-18)11-16-12-10-13(19)15(12,3)4/h12-13,16,19H,6-11H2,1-5H3. The lowest BCUT2D eigenvalue weighted by Gasteiger charge is -2.51. The first kappa shape index (κ1) is 15.2. The molecule has 19 heavy (non-hydrogen) atoms. The molecule has 1 saturated heterocycles. The van der Waals surface area contributed by atoms with E-state index in [1.807, 2.05) is 0 Å². The Morgan fingerprint density at radius 3 is 2.26 bits per heavy atom. The third kappa shape index (κ3) is 3.13. The van der Waals surface area contributed by atoms with Crippen LogP contribution < -0.4 is 5.32 Å². The average molecular weight is 269 g/mol. The van der Waals surface area contributed by atoms with Crippen LogP contribution in [0.5, 0.6) is 0 Å². The van der Waals surface area contributed by atoms with Crippen LogP contribution >= 0.6 is 0 Å². The molecule has 0 radical (unpaired) electrons. The molecule has 0 amide bonds. The first-order chi connectivity index (χ1) is 8.73. The van der Waals surface area contributed by atoms with Crippen molar-refractivity contribution in [2.75, 3.05) is 39.8 Å². The van der Waals surface area contributed by atoms with Crippen molar-refractivity contribution in [3.8, 4) is 0 Å². The van der Waals surface area contributed by atoms with Crippen molar-refractivity contribution < 1.29 is 5.11 Å². The van der Waals surface area contributed by atoms with Gasteiger partial charge in [0.1, 0.15) is 0 Å². The van der Waals surface area contributed by atoms with Gasteiger partial charge in [0, 0.05) is 49.7 Å². The SMILES string of the molecule is CN1CCN(C(C)(C)CNC2CC(O)C2(C)C)CC1. The number of nitrogens with zero attached hydrogens (tertiary/aromatic N) is 2.